The average Bonchev–Trinajstić information content (AvgIpc) is 2.44. The minimum atomic E-state index is -0.410. The Morgan fingerprint density at radius 1 is 1.40 bits per heavy atom. The van der Waals surface area contributed by atoms with Crippen LogP contribution in [0.25, 0.3) is 0 Å². The van der Waals surface area contributed by atoms with Crippen molar-refractivity contribution < 1.29 is 9.53 Å². The van der Waals surface area contributed by atoms with Crippen LogP contribution < -0.4 is 10.6 Å². The molecule has 1 atom stereocenters. The van der Waals surface area contributed by atoms with Crippen molar-refractivity contribution in [3.63, 3.8) is 0 Å². The van der Waals surface area contributed by atoms with Crippen molar-refractivity contribution in [3.05, 3.63) is 26.7 Å². The lowest BCUT2D eigenvalue weighted by Crippen LogP contribution is -2.38. The maximum Gasteiger partial charge on any atom is 0.242 e. The molecule has 0 saturated carbocycles. The van der Waals surface area contributed by atoms with E-state index in [-0.39, 0.29) is 5.91 Å². The lowest BCUT2D eigenvalue weighted by atomic mass is 10.2. The van der Waals surface area contributed by atoms with Gasteiger partial charge >= 0.3 is 0 Å². The van der Waals surface area contributed by atoms with Crippen LogP contribution in [-0.4, -0.2) is 32.2 Å². The van der Waals surface area contributed by atoms with Crippen molar-refractivity contribution in [2.45, 2.75) is 19.4 Å². The number of rotatable bonds is 7. The quantitative estimate of drug-likeness (QED) is 0.557. The monoisotopic (exact) mass is 382 g/mol. The molecule has 2 N–H and O–H groups in total. The van der Waals surface area contributed by atoms with Gasteiger partial charge in [0.15, 0.2) is 0 Å². The Morgan fingerprint density at radius 3 is 2.75 bits per heavy atom. The number of halogens is 3. The number of carbonyl (C=O) groups excluding carboxylic acids is 1. The number of carbonyl (C=O) groups is 1. The summed E-state index contributed by atoms with van der Waals surface area (Å²) in [6, 6.07) is 3.14. The van der Waals surface area contributed by atoms with Crippen LogP contribution in [0, 0.1) is 0 Å². The molecule has 0 aliphatic carbocycles. The van der Waals surface area contributed by atoms with E-state index in [2.05, 4.69) is 26.6 Å². The van der Waals surface area contributed by atoms with Crippen LogP contribution in [0.3, 0.4) is 0 Å². The summed E-state index contributed by atoms with van der Waals surface area (Å²) in [4.78, 5) is 11.9. The molecule has 0 aliphatic rings. The first-order chi connectivity index (χ1) is 9.47. The van der Waals surface area contributed by atoms with Gasteiger partial charge < -0.3 is 15.4 Å². The Bertz CT molecular complexity index is 472. The fourth-order valence-corrected chi connectivity index (χ4v) is 2.35. The molecule has 1 amide bonds. The van der Waals surface area contributed by atoms with Gasteiger partial charge in [0.05, 0.1) is 15.7 Å². The summed E-state index contributed by atoms with van der Waals surface area (Å²) < 4.78 is 5.63. The number of benzene rings is 1. The van der Waals surface area contributed by atoms with E-state index in [1.165, 1.54) is 0 Å². The van der Waals surface area contributed by atoms with Gasteiger partial charge in [-0.15, -0.1) is 0 Å². The molecular weight excluding hydrogens is 367 g/mol. The predicted octanol–water partition coefficient (Wildman–Crippen LogP) is 3.71. The first kappa shape index (κ1) is 17.6. The van der Waals surface area contributed by atoms with E-state index in [0.29, 0.717) is 33.4 Å². The molecule has 7 heteroatoms. The Kier molecular flexibility index (Phi) is 7.66. The highest BCUT2D eigenvalue weighted by Crippen LogP contribution is 2.36. The Labute approximate surface area is 137 Å². The van der Waals surface area contributed by atoms with Crippen LogP contribution in [0.4, 0.5) is 5.69 Å². The molecule has 112 valence electrons. The van der Waals surface area contributed by atoms with Gasteiger partial charge in [-0.1, -0.05) is 23.2 Å². The Morgan fingerprint density at radius 2 is 2.10 bits per heavy atom. The minimum absolute atomic E-state index is 0.101. The van der Waals surface area contributed by atoms with E-state index < -0.39 is 6.04 Å². The summed E-state index contributed by atoms with van der Waals surface area (Å²) in [5.74, 6) is -0.101. The fraction of sp³-hybridized carbons (Fsp3) is 0.462. The second-order valence-electron chi connectivity index (χ2n) is 4.23. The SMILES string of the molecule is COCCCNC(=O)C(C)Nc1ccc(Br)c(Cl)c1Cl. The number of hydrogen-bond acceptors (Lipinski definition) is 3. The topological polar surface area (TPSA) is 50.4 Å². The van der Waals surface area contributed by atoms with Gasteiger partial charge in [0.1, 0.15) is 6.04 Å². The van der Waals surface area contributed by atoms with Gasteiger partial charge in [-0.05, 0) is 41.4 Å². The Balaban J connectivity index is 2.55. The molecule has 0 aliphatic heterocycles. The number of anilines is 1. The van der Waals surface area contributed by atoms with Crippen molar-refractivity contribution in [1.82, 2.24) is 5.32 Å². The third-order valence-corrected chi connectivity index (χ3v) is 4.40. The van der Waals surface area contributed by atoms with Crippen LogP contribution in [0.1, 0.15) is 13.3 Å². The van der Waals surface area contributed by atoms with Crippen LogP contribution in [-0.2, 0) is 9.53 Å². The highest BCUT2D eigenvalue weighted by atomic mass is 79.9. The summed E-state index contributed by atoms with van der Waals surface area (Å²) >= 11 is 15.4. The van der Waals surface area contributed by atoms with Gasteiger partial charge in [0.25, 0.3) is 0 Å². The van der Waals surface area contributed by atoms with Crippen LogP contribution in [0.2, 0.25) is 10.0 Å². The molecule has 0 radical (unpaired) electrons. The van der Waals surface area contributed by atoms with E-state index >= 15 is 0 Å². The molecule has 1 unspecified atom stereocenters. The first-order valence-electron chi connectivity index (χ1n) is 6.14. The zero-order valence-corrected chi connectivity index (χ0v) is 14.4. The second-order valence-corrected chi connectivity index (χ2v) is 5.84. The maximum atomic E-state index is 11.9. The van der Waals surface area contributed by atoms with Crippen molar-refractivity contribution in [2.24, 2.45) is 0 Å². The predicted molar refractivity (Wildman–Crippen MR) is 86.7 cm³/mol. The average molecular weight is 384 g/mol. The lowest BCUT2D eigenvalue weighted by Gasteiger charge is -2.17. The highest BCUT2D eigenvalue weighted by Gasteiger charge is 2.15. The van der Waals surface area contributed by atoms with Gasteiger partial charge in [0.2, 0.25) is 5.91 Å². The van der Waals surface area contributed by atoms with Crippen molar-refractivity contribution >= 4 is 50.7 Å². The van der Waals surface area contributed by atoms with Crippen molar-refractivity contribution in [3.8, 4) is 0 Å². The molecule has 0 fully saturated rings. The van der Waals surface area contributed by atoms with Crippen molar-refractivity contribution in [2.75, 3.05) is 25.6 Å². The van der Waals surface area contributed by atoms with Gasteiger partial charge in [-0.3, -0.25) is 4.79 Å². The van der Waals surface area contributed by atoms with E-state index in [9.17, 15) is 4.79 Å². The lowest BCUT2D eigenvalue weighted by molar-refractivity contribution is -0.121. The number of ether oxygens (including phenoxy) is 1. The largest absolute Gasteiger partial charge is 0.385 e. The smallest absolute Gasteiger partial charge is 0.242 e. The zero-order valence-electron chi connectivity index (χ0n) is 11.3. The summed E-state index contributed by atoms with van der Waals surface area (Å²) in [5.41, 5.74) is 0.624. The summed E-state index contributed by atoms with van der Waals surface area (Å²) in [5, 5.41) is 6.66. The van der Waals surface area contributed by atoms with Crippen LogP contribution >= 0.6 is 39.1 Å². The first-order valence-corrected chi connectivity index (χ1v) is 7.69. The highest BCUT2D eigenvalue weighted by molar-refractivity contribution is 9.10. The van der Waals surface area contributed by atoms with E-state index in [4.69, 9.17) is 27.9 Å². The maximum absolute atomic E-state index is 11.9. The van der Waals surface area contributed by atoms with Gasteiger partial charge in [-0.25, -0.2) is 0 Å². The molecule has 1 aromatic rings. The van der Waals surface area contributed by atoms with Crippen molar-refractivity contribution in [1.29, 1.82) is 0 Å². The van der Waals surface area contributed by atoms with Gasteiger partial charge in [0, 0.05) is 24.7 Å². The molecule has 0 aromatic heterocycles. The Hall–Kier alpha value is -0.490. The standard InChI is InChI=1S/C13H17BrCl2N2O2/c1-8(13(19)17-6-3-7-20-2)18-10-5-4-9(14)11(15)12(10)16/h4-5,8,18H,3,6-7H2,1-2H3,(H,17,19). The van der Waals surface area contributed by atoms with E-state index in [1.807, 2.05) is 0 Å². The molecule has 4 nitrogen and oxygen atoms in total. The molecule has 0 heterocycles. The summed E-state index contributed by atoms with van der Waals surface area (Å²) in [6.07, 6.45) is 0.778. The van der Waals surface area contributed by atoms with Crippen LogP contribution in [0.15, 0.2) is 16.6 Å². The molecular formula is C13H17BrCl2N2O2. The number of methoxy groups -OCH3 is 1. The molecule has 0 bridgehead atoms. The molecule has 0 spiro atoms. The minimum Gasteiger partial charge on any atom is -0.385 e. The number of hydrogen-bond donors (Lipinski definition) is 2. The zero-order chi connectivity index (χ0) is 15.1. The normalized spacial score (nSPS) is 12.1. The summed E-state index contributed by atoms with van der Waals surface area (Å²) in [7, 11) is 1.63. The molecule has 0 saturated heterocycles. The second kappa shape index (κ2) is 8.72. The van der Waals surface area contributed by atoms with E-state index in [1.54, 1.807) is 26.2 Å². The van der Waals surface area contributed by atoms with Crippen LogP contribution in [0.5, 0.6) is 0 Å². The molecule has 1 aromatic carbocycles. The fourth-order valence-electron chi connectivity index (χ4n) is 1.52. The third-order valence-electron chi connectivity index (χ3n) is 2.62. The number of nitrogens with one attached hydrogen (secondary N) is 2. The molecule has 20 heavy (non-hydrogen) atoms. The summed E-state index contributed by atoms with van der Waals surface area (Å²) in [6.45, 7) is 2.96. The third kappa shape index (κ3) is 5.13. The van der Waals surface area contributed by atoms with Gasteiger partial charge in [-0.2, -0.15) is 0 Å². The molecule has 1 rings (SSSR count). The number of amides is 1. The van der Waals surface area contributed by atoms with E-state index in [0.717, 1.165) is 6.42 Å².